The number of ether oxygens (including phenoxy) is 1. The molecule has 8 nitrogen and oxygen atoms in total. The minimum Gasteiger partial charge on any atom is -0.378 e. The minimum absolute atomic E-state index is 0.416. The molecule has 142 valence electrons. The van der Waals surface area contributed by atoms with Crippen LogP contribution in [0.15, 0.2) is 41.0 Å². The summed E-state index contributed by atoms with van der Waals surface area (Å²) in [4.78, 5) is 17.4. The molecule has 0 aliphatic carbocycles. The molecule has 1 aromatic heterocycles. The van der Waals surface area contributed by atoms with Crippen molar-refractivity contribution in [3.05, 3.63) is 41.5 Å². The van der Waals surface area contributed by atoms with Crippen LogP contribution >= 0.6 is 0 Å². The van der Waals surface area contributed by atoms with E-state index in [1.165, 1.54) is 0 Å². The summed E-state index contributed by atoms with van der Waals surface area (Å²) in [7, 11) is 3.80. The lowest BCUT2D eigenvalue weighted by molar-refractivity contribution is 0.122. The van der Waals surface area contributed by atoms with Crippen molar-refractivity contribution in [1.29, 1.82) is 0 Å². The SMILES string of the molecule is CC(/C=N\Nc1nc(N(C)C)nc(N2CCOCC2)n1)=C\c1ccccc1. The number of allylic oxidation sites excluding steroid dienone is 1. The van der Waals surface area contributed by atoms with Gasteiger partial charge in [-0.2, -0.15) is 20.1 Å². The predicted molar refractivity (Wildman–Crippen MR) is 109 cm³/mol. The van der Waals surface area contributed by atoms with E-state index in [0.717, 1.165) is 24.2 Å². The van der Waals surface area contributed by atoms with Gasteiger partial charge < -0.3 is 14.5 Å². The molecule has 0 bridgehead atoms. The Morgan fingerprint density at radius 2 is 1.89 bits per heavy atom. The van der Waals surface area contributed by atoms with E-state index in [1.54, 1.807) is 6.21 Å². The minimum atomic E-state index is 0.416. The summed E-state index contributed by atoms with van der Waals surface area (Å²) in [5.74, 6) is 1.63. The molecule has 1 saturated heterocycles. The van der Waals surface area contributed by atoms with Crippen molar-refractivity contribution in [3.63, 3.8) is 0 Å². The molecule has 0 spiro atoms. The van der Waals surface area contributed by atoms with Gasteiger partial charge in [0.2, 0.25) is 17.8 Å². The van der Waals surface area contributed by atoms with Gasteiger partial charge in [0, 0.05) is 27.2 Å². The Morgan fingerprint density at radius 1 is 1.15 bits per heavy atom. The summed E-state index contributed by atoms with van der Waals surface area (Å²) in [5, 5.41) is 4.27. The van der Waals surface area contributed by atoms with Crippen LogP contribution in [0.1, 0.15) is 12.5 Å². The van der Waals surface area contributed by atoms with E-state index in [1.807, 2.05) is 44.1 Å². The summed E-state index contributed by atoms with van der Waals surface area (Å²) in [6.45, 7) is 4.87. The zero-order valence-corrected chi connectivity index (χ0v) is 16.0. The summed E-state index contributed by atoms with van der Waals surface area (Å²) in [6.07, 6.45) is 3.81. The van der Waals surface area contributed by atoms with Crippen molar-refractivity contribution in [2.45, 2.75) is 6.92 Å². The number of anilines is 3. The number of nitrogens with one attached hydrogen (secondary N) is 1. The van der Waals surface area contributed by atoms with Gasteiger partial charge in [0.05, 0.1) is 19.4 Å². The van der Waals surface area contributed by atoms with Crippen molar-refractivity contribution in [1.82, 2.24) is 15.0 Å². The maximum absolute atomic E-state index is 5.40. The molecule has 0 unspecified atom stereocenters. The first-order valence-electron chi connectivity index (χ1n) is 8.90. The van der Waals surface area contributed by atoms with E-state index in [2.05, 4.69) is 48.6 Å². The van der Waals surface area contributed by atoms with Crippen molar-refractivity contribution >= 4 is 30.1 Å². The lowest BCUT2D eigenvalue weighted by Gasteiger charge is -2.27. The van der Waals surface area contributed by atoms with Crippen LogP contribution in [0.25, 0.3) is 6.08 Å². The monoisotopic (exact) mass is 367 g/mol. The van der Waals surface area contributed by atoms with Crippen molar-refractivity contribution in [2.24, 2.45) is 5.10 Å². The van der Waals surface area contributed by atoms with Crippen LogP contribution in [0.3, 0.4) is 0 Å². The molecular formula is C19H25N7O. The number of hydrogen-bond acceptors (Lipinski definition) is 8. The topological polar surface area (TPSA) is 78.8 Å². The van der Waals surface area contributed by atoms with Gasteiger partial charge in [-0.05, 0) is 18.1 Å². The zero-order chi connectivity index (χ0) is 19.1. The second-order valence-corrected chi connectivity index (χ2v) is 6.42. The molecule has 1 aliphatic rings. The maximum Gasteiger partial charge on any atom is 0.250 e. The van der Waals surface area contributed by atoms with Gasteiger partial charge in [0.15, 0.2) is 0 Å². The fourth-order valence-electron chi connectivity index (χ4n) is 2.55. The smallest absolute Gasteiger partial charge is 0.250 e. The zero-order valence-electron chi connectivity index (χ0n) is 16.0. The van der Waals surface area contributed by atoms with Crippen LogP contribution < -0.4 is 15.2 Å². The Balaban J connectivity index is 1.73. The molecule has 0 saturated carbocycles. The Morgan fingerprint density at radius 3 is 2.59 bits per heavy atom. The van der Waals surface area contributed by atoms with Gasteiger partial charge in [-0.25, -0.2) is 5.43 Å². The Labute approximate surface area is 159 Å². The van der Waals surface area contributed by atoms with Crippen molar-refractivity contribution < 1.29 is 4.74 Å². The molecule has 2 aromatic rings. The van der Waals surface area contributed by atoms with E-state index in [-0.39, 0.29) is 0 Å². The van der Waals surface area contributed by atoms with Gasteiger partial charge in [-0.3, -0.25) is 0 Å². The highest BCUT2D eigenvalue weighted by molar-refractivity contribution is 5.85. The molecule has 8 heteroatoms. The Bertz CT molecular complexity index is 799. The number of hydrogen-bond donors (Lipinski definition) is 1. The lowest BCUT2D eigenvalue weighted by atomic mass is 10.1. The lowest BCUT2D eigenvalue weighted by Crippen LogP contribution is -2.37. The van der Waals surface area contributed by atoms with E-state index >= 15 is 0 Å². The highest BCUT2D eigenvalue weighted by atomic mass is 16.5. The number of hydrazone groups is 1. The number of benzene rings is 1. The first-order valence-corrected chi connectivity index (χ1v) is 8.90. The Kier molecular flexibility index (Phi) is 6.32. The summed E-state index contributed by atoms with van der Waals surface area (Å²) >= 11 is 0. The van der Waals surface area contributed by atoms with Crippen LogP contribution in [0, 0.1) is 0 Å². The second-order valence-electron chi connectivity index (χ2n) is 6.42. The fourth-order valence-corrected chi connectivity index (χ4v) is 2.55. The number of aromatic nitrogens is 3. The molecule has 1 aromatic carbocycles. The van der Waals surface area contributed by atoms with Crippen LogP contribution in [-0.2, 0) is 4.74 Å². The van der Waals surface area contributed by atoms with Crippen LogP contribution in [0.5, 0.6) is 0 Å². The van der Waals surface area contributed by atoms with Gasteiger partial charge in [-0.1, -0.05) is 36.4 Å². The van der Waals surface area contributed by atoms with Gasteiger partial charge >= 0.3 is 0 Å². The molecule has 2 heterocycles. The van der Waals surface area contributed by atoms with Gasteiger partial charge in [0.25, 0.3) is 0 Å². The molecule has 0 amide bonds. The average molecular weight is 367 g/mol. The summed E-state index contributed by atoms with van der Waals surface area (Å²) < 4.78 is 5.40. The highest BCUT2D eigenvalue weighted by Crippen LogP contribution is 2.16. The average Bonchev–Trinajstić information content (AvgIpc) is 2.69. The normalized spacial score (nSPS) is 15.2. The van der Waals surface area contributed by atoms with Crippen molar-refractivity contribution in [2.75, 3.05) is 55.6 Å². The molecule has 1 aliphatic heterocycles. The molecule has 0 atom stereocenters. The standard InChI is InChI=1S/C19H25N7O/c1-15(13-16-7-5-4-6-8-16)14-20-24-17-21-18(25(2)3)23-19(22-17)26-9-11-27-12-10-26/h4-8,13-14H,9-12H2,1-3H3,(H,21,22,23,24)/b15-13+,20-14-. The first kappa shape index (κ1) is 18.8. The largest absolute Gasteiger partial charge is 0.378 e. The van der Waals surface area contributed by atoms with Crippen LogP contribution in [0.4, 0.5) is 17.8 Å². The third-order valence-electron chi connectivity index (χ3n) is 3.93. The summed E-state index contributed by atoms with van der Waals surface area (Å²) in [5.41, 5.74) is 5.07. The van der Waals surface area contributed by atoms with E-state index in [9.17, 15) is 0 Å². The predicted octanol–water partition coefficient (Wildman–Crippen LogP) is 2.28. The van der Waals surface area contributed by atoms with Crippen molar-refractivity contribution in [3.8, 4) is 0 Å². The number of rotatable bonds is 6. The Hall–Kier alpha value is -3.00. The van der Waals surface area contributed by atoms with Gasteiger partial charge in [-0.15, -0.1) is 0 Å². The third-order valence-corrected chi connectivity index (χ3v) is 3.93. The van der Waals surface area contributed by atoms with Gasteiger partial charge in [0.1, 0.15) is 0 Å². The molecular weight excluding hydrogens is 342 g/mol. The van der Waals surface area contributed by atoms with E-state index in [4.69, 9.17) is 4.74 Å². The summed E-state index contributed by atoms with van der Waals surface area (Å²) in [6, 6.07) is 10.1. The quantitative estimate of drug-likeness (QED) is 0.620. The van der Waals surface area contributed by atoms with E-state index in [0.29, 0.717) is 31.1 Å². The molecule has 1 N–H and O–H groups in total. The molecule has 3 rings (SSSR count). The molecule has 1 fully saturated rings. The number of morpholine rings is 1. The maximum atomic E-state index is 5.40. The highest BCUT2D eigenvalue weighted by Gasteiger charge is 2.17. The third kappa shape index (κ3) is 5.49. The number of nitrogens with zero attached hydrogens (tertiary/aromatic N) is 6. The fraction of sp³-hybridized carbons (Fsp3) is 0.368. The van der Waals surface area contributed by atoms with E-state index < -0.39 is 0 Å². The molecule has 0 radical (unpaired) electrons. The molecule has 27 heavy (non-hydrogen) atoms. The first-order chi connectivity index (χ1) is 13.1. The second kappa shape index (κ2) is 9.09. The van der Waals surface area contributed by atoms with Crippen LogP contribution in [0.2, 0.25) is 0 Å². The van der Waals surface area contributed by atoms with Crippen LogP contribution in [-0.4, -0.2) is 61.6 Å².